The number of nitrogens with zero attached hydrogens (tertiary/aromatic N) is 3. The van der Waals surface area contributed by atoms with Crippen molar-refractivity contribution in [1.29, 1.82) is 0 Å². The number of allylic oxidation sites excluding steroid dienone is 1. The lowest BCUT2D eigenvalue weighted by Gasteiger charge is -2.17. The van der Waals surface area contributed by atoms with Gasteiger partial charge in [-0.3, -0.25) is 4.79 Å². The normalized spacial score (nSPS) is 15.4. The first kappa shape index (κ1) is 20.6. The van der Waals surface area contributed by atoms with Crippen molar-refractivity contribution in [2.24, 2.45) is 0 Å². The van der Waals surface area contributed by atoms with E-state index in [4.69, 9.17) is 9.36 Å². The summed E-state index contributed by atoms with van der Waals surface area (Å²) < 4.78 is 17.7. The minimum absolute atomic E-state index is 0.0364. The fourth-order valence-electron chi connectivity index (χ4n) is 2.26. The zero-order valence-electron chi connectivity index (χ0n) is 16.0. The number of nitrogens with one attached hydrogen (secondary N) is 1. The third-order valence-corrected chi connectivity index (χ3v) is 3.90. The van der Waals surface area contributed by atoms with Gasteiger partial charge in [0.15, 0.2) is 0 Å². The van der Waals surface area contributed by atoms with E-state index in [1.165, 1.54) is 12.1 Å². The van der Waals surface area contributed by atoms with Crippen LogP contribution in [0, 0.1) is 5.82 Å². The van der Waals surface area contributed by atoms with Crippen molar-refractivity contribution in [2.45, 2.75) is 39.7 Å². The molecule has 8 heteroatoms. The Labute approximate surface area is 158 Å². The molecule has 146 valence electrons. The summed E-state index contributed by atoms with van der Waals surface area (Å²) in [5.74, 6) is 1.65. The number of hydrogen-bond donors (Lipinski definition) is 1. The maximum Gasteiger partial charge on any atom is 0.246 e. The minimum Gasteiger partial charge on any atom is -0.413 e. The van der Waals surface area contributed by atoms with E-state index in [-0.39, 0.29) is 17.8 Å². The minimum atomic E-state index is -0.310. The summed E-state index contributed by atoms with van der Waals surface area (Å²) in [5, 5.41) is 3.83. The molecule has 2 heterocycles. The van der Waals surface area contributed by atoms with Crippen molar-refractivity contribution >= 4 is 5.91 Å². The number of hydroxylamine groups is 1. The molecule has 1 aromatic heterocycles. The Kier molecular flexibility index (Phi) is 7.48. The number of hydrogen-bond acceptors (Lipinski definition) is 6. The van der Waals surface area contributed by atoms with Gasteiger partial charge >= 0.3 is 0 Å². The number of carbonyl (C=O) groups is 1. The van der Waals surface area contributed by atoms with Crippen molar-refractivity contribution in [2.75, 3.05) is 13.6 Å². The van der Waals surface area contributed by atoms with E-state index in [1.54, 1.807) is 30.2 Å². The zero-order valence-corrected chi connectivity index (χ0v) is 16.0. The van der Waals surface area contributed by atoms with E-state index in [1.807, 2.05) is 20.8 Å². The highest BCUT2D eigenvalue weighted by atomic mass is 19.1. The molecular formula is C19H25FN4O3. The molecule has 0 bridgehead atoms. The lowest BCUT2D eigenvalue weighted by molar-refractivity contribution is -0.132. The van der Waals surface area contributed by atoms with Gasteiger partial charge in [-0.1, -0.05) is 12.1 Å². The van der Waals surface area contributed by atoms with Crippen LogP contribution in [0.1, 0.15) is 33.1 Å². The zero-order chi connectivity index (χ0) is 19.8. The first-order valence-corrected chi connectivity index (χ1v) is 8.88. The van der Waals surface area contributed by atoms with Gasteiger partial charge in [-0.15, -0.1) is 5.48 Å². The number of rotatable bonds is 5. The van der Waals surface area contributed by atoms with Gasteiger partial charge in [-0.25, -0.2) is 4.39 Å². The lowest BCUT2D eigenvalue weighted by Crippen LogP contribution is -2.40. The van der Waals surface area contributed by atoms with E-state index < -0.39 is 0 Å². The number of likely N-dealkylation sites (N-methyl/N-ethyl adjacent to an activating group) is 1. The molecule has 0 aliphatic carbocycles. The summed E-state index contributed by atoms with van der Waals surface area (Å²) >= 11 is 0. The van der Waals surface area contributed by atoms with Gasteiger partial charge in [-0.05, 0) is 50.6 Å². The van der Waals surface area contributed by atoms with Gasteiger partial charge < -0.3 is 14.3 Å². The maximum atomic E-state index is 12.7. The predicted octanol–water partition coefficient (Wildman–Crippen LogP) is 3.10. The molecule has 7 nitrogen and oxygen atoms in total. The number of amides is 1. The Bertz CT molecular complexity index is 774. The molecule has 1 aromatic carbocycles. The Morgan fingerprint density at radius 1 is 1.30 bits per heavy atom. The molecular weight excluding hydrogens is 351 g/mol. The quantitative estimate of drug-likeness (QED) is 0.864. The molecule has 1 unspecified atom stereocenters. The molecule has 0 radical (unpaired) electrons. The van der Waals surface area contributed by atoms with Gasteiger partial charge in [-0.2, -0.15) is 4.98 Å². The van der Waals surface area contributed by atoms with E-state index in [0.29, 0.717) is 18.3 Å². The van der Waals surface area contributed by atoms with Crippen LogP contribution in [0.3, 0.4) is 0 Å². The van der Waals surface area contributed by atoms with Crippen LogP contribution in [0.15, 0.2) is 40.6 Å². The second-order valence-electron chi connectivity index (χ2n) is 6.10. The largest absolute Gasteiger partial charge is 0.413 e. The first-order chi connectivity index (χ1) is 12.9. The summed E-state index contributed by atoms with van der Waals surface area (Å²) in [6, 6.07) is 5.72. The van der Waals surface area contributed by atoms with Crippen LogP contribution < -0.4 is 5.48 Å². The van der Waals surface area contributed by atoms with Gasteiger partial charge in [0, 0.05) is 25.6 Å². The van der Waals surface area contributed by atoms with Crippen LogP contribution >= 0.6 is 0 Å². The van der Waals surface area contributed by atoms with Gasteiger partial charge in [0.05, 0.1) is 0 Å². The van der Waals surface area contributed by atoms with E-state index in [0.717, 1.165) is 24.2 Å². The summed E-state index contributed by atoms with van der Waals surface area (Å²) in [6.45, 7) is 6.50. The van der Waals surface area contributed by atoms with Crippen molar-refractivity contribution < 1.29 is 18.5 Å². The average molecular weight is 376 g/mol. The smallest absolute Gasteiger partial charge is 0.246 e. The summed E-state index contributed by atoms with van der Waals surface area (Å²) in [7, 11) is 1.77. The predicted molar refractivity (Wildman–Crippen MR) is 98.8 cm³/mol. The molecule has 1 N–H and O–H groups in total. The topological polar surface area (TPSA) is 80.5 Å². The molecule has 1 amide bonds. The highest BCUT2D eigenvalue weighted by Gasteiger charge is 2.23. The summed E-state index contributed by atoms with van der Waals surface area (Å²) in [6.07, 6.45) is 3.51. The highest BCUT2D eigenvalue weighted by molar-refractivity contribution is 5.83. The van der Waals surface area contributed by atoms with Crippen molar-refractivity contribution in [3.63, 3.8) is 0 Å². The third kappa shape index (κ3) is 5.89. The Balaban J connectivity index is 0.000000199. The van der Waals surface area contributed by atoms with E-state index in [2.05, 4.69) is 15.6 Å². The molecule has 0 spiro atoms. The van der Waals surface area contributed by atoms with Crippen molar-refractivity contribution in [3.8, 4) is 11.4 Å². The molecule has 0 saturated carbocycles. The number of halogens is 1. The third-order valence-electron chi connectivity index (χ3n) is 3.90. The van der Waals surface area contributed by atoms with Crippen LogP contribution in [0.5, 0.6) is 0 Å². The molecule has 27 heavy (non-hydrogen) atoms. The highest BCUT2D eigenvalue weighted by Crippen LogP contribution is 2.16. The van der Waals surface area contributed by atoms with Gasteiger partial charge in [0.1, 0.15) is 17.6 Å². The average Bonchev–Trinajstić information content (AvgIpc) is 3.31. The lowest BCUT2D eigenvalue weighted by atomic mass is 10.2. The Morgan fingerprint density at radius 3 is 2.56 bits per heavy atom. The summed E-state index contributed by atoms with van der Waals surface area (Å²) in [4.78, 5) is 22.3. The standard InChI is InChI=1S/C11H11FN2O.C8H14N2O2/c1-2-3-10-13-11(14-15-10)8-4-6-9(12)7-5-8;1-4-10(3)8(11)7-5-6(2)12-9-7/h4-7H,2-3H2,1H3;5,7,9H,4H2,1-3H3. The molecule has 2 aromatic rings. The van der Waals surface area contributed by atoms with Crippen LogP contribution in [-0.2, 0) is 16.1 Å². The van der Waals surface area contributed by atoms with E-state index >= 15 is 0 Å². The molecule has 3 rings (SSSR count). The van der Waals surface area contributed by atoms with E-state index in [9.17, 15) is 9.18 Å². The SMILES string of the molecule is CCCc1nc(-c2ccc(F)cc2)no1.CCN(C)C(=O)C1C=C(C)ON1. The number of benzene rings is 1. The van der Waals surface area contributed by atoms with Gasteiger partial charge in [0.25, 0.3) is 0 Å². The number of aryl methyl sites for hydroxylation is 1. The maximum absolute atomic E-state index is 12.7. The fourth-order valence-corrected chi connectivity index (χ4v) is 2.26. The van der Waals surface area contributed by atoms with Gasteiger partial charge in [0.2, 0.25) is 17.6 Å². The molecule has 0 fully saturated rings. The fraction of sp³-hybridized carbons (Fsp3) is 0.421. The monoisotopic (exact) mass is 376 g/mol. The molecule has 0 saturated heterocycles. The van der Waals surface area contributed by atoms with Crippen molar-refractivity contribution in [1.82, 2.24) is 20.5 Å². The van der Waals surface area contributed by atoms with Crippen LogP contribution in [-0.4, -0.2) is 40.6 Å². The van der Waals surface area contributed by atoms with Crippen LogP contribution in [0.4, 0.5) is 4.39 Å². The second-order valence-corrected chi connectivity index (χ2v) is 6.10. The second kappa shape index (κ2) is 9.82. The Hall–Kier alpha value is -2.74. The first-order valence-electron chi connectivity index (χ1n) is 8.88. The number of aromatic nitrogens is 2. The van der Waals surface area contributed by atoms with Crippen LogP contribution in [0.2, 0.25) is 0 Å². The van der Waals surface area contributed by atoms with Crippen molar-refractivity contribution in [3.05, 3.63) is 47.8 Å². The Morgan fingerprint density at radius 2 is 2.00 bits per heavy atom. The molecule has 1 aliphatic rings. The molecule has 1 atom stereocenters. The summed E-state index contributed by atoms with van der Waals surface area (Å²) in [5.41, 5.74) is 3.40. The number of carbonyl (C=O) groups excluding carboxylic acids is 1. The molecule has 1 aliphatic heterocycles. The van der Waals surface area contributed by atoms with Crippen LogP contribution in [0.25, 0.3) is 11.4 Å².